The van der Waals surface area contributed by atoms with E-state index in [9.17, 15) is 24.3 Å². The van der Waals surface area contributed by atoms with E-state index in [4.69, 9.17) is 19.9 Å². The standard InChI is InChI=1S/C25H38N4O8/c1-13(2)23(28-14(3)4)25(34)27-11-21(32)29-18-7-6-16(12-35-15(5)30)8-19(18)36-22-10-17(31)9-20(37-22)24(26)33/h6-8,13-14,17,20,22-23,28,31H,9-12H2,1-5H3,(H2,26,33)(H,27,34)(H,29,32). The summed E-state index contributed by atoms with van der Waals surface area (Å²) in [5, 5.41) is 18.6. The number of anilines is 1. The summed E-state index contributed by atoms with van der Waals surface area (Å²) in [6.07, 6.45) is -2.80. The molecule has 0 radical (unpaired) electrons. The Morgan fingerprint density at radius 1 is 1.16 bits per heavy atom. The molecule has 206 valence electrons. The summed E-state index contributed by atoms with van der Waals surface area (Å²) in [6.45, 7) is 8.65. The second kappa shape index (κ2) is 13.9. The molecule has 1 aliphatic rings. The highest BCUT2D eigenvalue weighted by Gasteiger charge is 2.33. The zero-order valence-corrected chi connectivity index (χ0v) is 21.9. The van der Waals surface area contributed by atoms with Gasteiger partial charge in [-0.15, -0.1) is 0 Å². The zero-order valence-electron chi connectivity index (χ0n) is 21.9. The number of hydrogen-bond donors (Lipinski definition) is 5. The third-order valence-electron chi connectivity index (χ3n) is 5.49. The minimum absolute atomic E-state index is 0.0188. The van der Waals surface area contributed by atoms with Crippen molar-refractivity contribution in [3.63, 3.8) is 0 Å². The molecule has 4 unspecified atom stereocenters. The number of carbonyl (C=O) groups is 4. The van der Waals surface area contributed by atoms with Gasteiger partial charge in [-0.2, -0.15) is 0 Å². The number of aliphatic hydroxyl groups is 1. The largest absolute Gasteiger partial charge is 0.463 e. The van der Waals surface area contributed by atoms with Crippen LogP contribution in [0.15, 0.2) is 18.2 Å². The van der Waals surface area contributed by atoms with Gasteiger partial charge in [0.1, 0.15) is 18.5 Å². The smallest absolute Gasteiger partial charge is 0.302 e. The molecule has 12 heteroatoms. The molecule has 4 atom stereocenters. The molecule has 6 N–H and O–H groups in total. The fourth-order valence-electron chi connectivity index (χ4n) is 3.70. The highest BCUT2D eigenvalue weighted by Crippen LogP contribution is 2.30. The van der Waals surface area contributed by atoms with Crippen molar-refractivity contribution in [2.24, 2.45) is 11.7 Å². The lowest BCUT2D eigenvalue weighted by atomic mass is 10.0. The number of nitrogens with one attached hydrogen (secondary N) is 3. The van der Waals surface area contributed by atoms with E-state index in [1.165, 1.54) is 6.92 Å². The maximum atomic E-state index is 12.7. The Labute approximate surface area is 216 Å². The van der Waals surface area contributed by atoms with E-state index in [1.807, 2.05) is 27.7 Å². The molecule has 0 saturated carbocycles. The van der Waals surface area contributed by atoms with Gasteiger partial charge in [0.2, 0.25) is 24.0 Å². The van der Waals surface area contributed by atoms with Gasteiger partial charge in [0.05, 0.1) is 24.4 Å². The van der Waals surface area contributed by atoms with E-state index >= 15 is 0 Å². The van der Waals surface area contributed by atoms with Gasteiger partial charge in [-0.05, 0) is 23.6 Å². The summed E-state index contributed by atoms with van der Waals surface area (Å²) in [7, 11) is 0. The van der Waals surface area contributed by atoms with Crippen molar-refractivity contribution in [3.05, 3.63) is 23.8 Å². The van der Waals surface area contributed by atoms with Crippen molar-refractivity contribution in [3.8, 4) is 5.75 Å². The van der Waals surface area contributed by atoms with Crippen LogP contribution in [-0.4, -0.2) is 65.9 Å². The molecule has 12 nitrogen and oxygen atoms in total. The molecule has 0 spiro atoms. The molecular formula is C25H38N4O8. The Bertz CT molecular complexity index is 968. The number of hydrogen-bond acceptors (Lipinski definition) is 9. The van der Waals surface area contributed by atoms with Gasteiger partial charge in [-0.1, -0.05) is 33.8 Å². The molecule has 37 heavy (non-hydrogen) atoms. The summed E-state index contributed by atoms with van der Waals surface area (Å²) >= 11 is 0. The van der Waals surface area contributed by atoms with Crippen LogP contribution in [0.2, 0.25) is 0 Å². The number of ether oxygens (including phenoxy) is 3. The minimum atomic E-state index is -1.03. The quantitative estimate of drug-likeness (QED) is 0.245. The van der Waals surface area contributed by atoms with Crippen molar-refractivity contribution in [2.75, 3.05) is 11.9 Å². The van der Waals surface area contributed by atoms with Gasteiger partial charge in [-0.25, -0.2) is 0 Å². The molecule has 0 aromatic heterocycles. The van der Waals surface area contributed by atoms with Crippen LogP contribution in [0.25, 0.3) is 0 Å². The number of benzene rings is 1. The van der Waals surface area contributed by atoms with Crippen LogP contribution < -0.4 is 26.4 Å². The first-order valence-corrected chi connectivity index (χ1v) is 12.2. The van der Waals surface area contributed by atoms with Crippen LogP contribution >= 0.6 is 0 Å². The van der Waals surface area contributed by atoms with E-state index in [-0.39, 0.29) is 55.3 Å². The Morgan fingerprint density at radius 2 is 1.86 bits per heavy atom. The van der Waals surface area contributed by atoms with Crippen LogP contribution in [-0.2, 0) is 35.3 Å². The highest BCUT2D eigenvalue weighted by atomic mass is 16.7. The van der Waals surface area contributed by atoms with Crippen molar-refractivity contribution in [1.82, 2.24) is 10.6 Å². The molecular weight excluding hydrogens is 484 g/mol. The van der Waals surface area contributed by atoms with E-state index in [2.05, 4.69) is 16.0 Å². The third kappa shape index (κ3) is 9.98. The molecule has 2 rings (SSSR count). The van der Waals surface area contributed by atoms with E-state index < -0.39 is 42.3 Å². The Kier molecular flexibility index (Phi) is 11.3. The molecule has 0 bridgehead atoms. The van der Waals surface area contributed by atoms with Gasteiger partial charge in [0, 0.05) is 25.8 Å². The van der Waals surface area contributed by atoms with Crippen molar-refractivity contribution in [1.29, 1.82) is 0 Å². The topological polar surface area (TPSA) is 178 Å². The normalized spacial score (nSPS) is 20.3. The molecule has 1 aromatic carbocycles. The first-order valence-electron chi connectivity index (χ1n) is 12.2. The minimum Gasteiger partial charge on any atom is -0.463 e. The monoisotopic (exact) mass is 522 g/mol. The van der Waals surface area contributed by atoms with Gasteiger partial charge < -0.3 is 41.0 Å². The van der Waals surface area contributed by atoms with Crippen molar-refractivity contribution in [2.45, 2.75) is 84.6 Å². The molecule has 1 aromatic rings. The van der Waals surface area contributed by atoms with Crippen LogP contribution in [0, 0.1) is 5.92 Å². The lowest BCUT2D eigenvalue weighted by Gasteiger charge is -2.32. The maximum absolute atomic E-state index is 12.7. The van der Waals surface area contributed by atoms with E-state index in [0.717, 1.165) is 0 Å². The number of nitrogens with two attached hydrogens (primary N) is 1. The average Bonchev–Trinajstić information content (AvgIpc) is 2.80. The fraction of sp³-hybridized carbons (Fsp3) is 0.600. The second-order valence-electron chi connectivity index (χ2n) is 9.62. The van der Waals surface area contributed by atoms with Crippen molar-refractivity contribution >= 4 is 29.4 Å². The van der Waals surface area contributed by atoms with Gasteiger partial charge in [0.25, 0.3) is 0 Å². The van der Waals surface area contributed by atoms with E-state index in [1.54, 1.807) is 18.2 Å². The fourth-order valence-corrected chi connectivity index (χ4v) is 3.70. The number of aliphatic hydroxyl groups excluding tert-OH is 1. The number of primary amides is 1. The summed E-state index contributed by atoms with van der Waals surface area (Å²) in [4.78, 5) is 48.0. The maximum Gasteiger partial charge on any atom is 0.302 e. The Morgan fingerprint density at radius 3 is 2.46 bits per heavy atom. The van der Waals surface area contributed by atoms with Gasteiger partial charge >= 0.3 is 5.97 Å². The summed E-state index contributed by atoms with van der Waals surface area (Å²) in [6, 6.07) is 4.36. The summed E-state index contributed by atoms with van der Waals surface area (Å²) < 4.78 is 16.5. The molecule has 1 aliphatic heterocycles. The molecule has 0 aliphatic carbocycles. The second-order valence-corrected chi connectivity index (χ2v) is 9.62. The summed E-state index contributed by atoms with van der Waals surface area (Å²) in [5.41, 5.74) is 6.15. The lowest BCUT2D eigenvalue weighted by Crippen LogP contribution is -2.51. The number of rotatable bonds is 12. The average molecular weight is 523 g/mol. The third-order valence-corrected chi connectivity index (χ3v) is 5.49. The first-order chi connectivity index (χ1) is 17.3. The molecule has 1 heterocycles. The van der Waals surface area contributed by atoms with E-state index in [0.29, 0.717) is 5.56 Å². The predicted octanol–water partition coefficient (Wildman–Crippen LogP) is 0.557. The van der Waals surface area contributed by atoms with Crippen LogP contribution in [0.5, 0.6) is 5.75 Å². The number of carbonyl (C=O) groups excluding carboxylic acids is 4. The van der Waals surface area contributed by atoms with Crippen LogP contribution in [0.1, 0.15) is 53.0 Å². The first kappa shape index (κ1) is 30.0. The van der Waals surface area contributed by atoms with Gasteiger partial charge in [-0.3, -0.25) is 19.2 Å². The Hall–Kier alpha value is -3.22. The molecule has 3 amide bonds. The molecule has 1 fully saturated rings. The predicted molar refractivity (Wildman–Crippen MR) is 134 cm³/mol. The van der Waals surface area contributed by atoms with Gasteiger partial charge in [0.15, 0.2) is 0 Å². The Balaban J connectivity index is 2.14. The SMILES string of the molecule is CC(=O)OCc1ccc(NC(=O)CNC(=O)C(NC(C)C)C(C)C)c(OC2CC(O)CC(C(N)=O)O2)c1. The number of esters is 1. The zero-order chi connectivity index (χ0) is 27.7. The van der Waals surface area contributed by atoms with Crippen LogP contribution in [0.4, 0.5) is 5.69 Å². The molecule has 1 saturated heterocycles. The number of amides is 3. The summed E-state index contributed by atoms with van der Waals surface area (Å²) in [5.74, 6) is -1.82. The van der Waals surface area contributed by atoms with Crippen LogP contribution in [0.3, 0.4) is 0 Å². The van der Waals surface area contributed by atoms with Crippen molar-refractivity contribution < 1.29 is 38.5 Å². The lowest BCUT2D eigenvalue weighted by molar-refractivity contribution is -0.182. The highest BCUT2D eigenvalue weighted by molar-refractivity contribution is 5.96.